The summed E-state index contributed by atoms with van der Waals surface area (Å²) in [7, 11) is 0. The van der Waals surface area contributed by atoms with Crippen LogP contribution in [0.2, 0.25) is 0 Å². The van der Waals surface area contributed by atoms with Crippen molar-refractivity contribution in [2.45, 2.75) is 52.6 Å². The van der Waals surface area contributed by atoms with Crippen LogP contribution in [0.25, 0.3) is 0 Å². The quantitative estimate of drug-likeness (QED) is 0.590. The Bertz CT molecular complexity index is 121. The van der Waals surface area contributed by atoms with Crippen molar-refractivity contribution in [3.05, 3.63) is 0 Å². The molecule has 0 heterocycles. The van der Waals surface area contributed by atoms with Crippen LogP contribution in [0.4, 0.5) is 0 Å². The highest BCUT2D eigenvalue weighted by Gasteiger charge is 2.09. The highest BCUT2D eigenvalue weighted by atomic mass is 16.5. The van der Waals surface area contributed by atoms with E-state index in [0.29, 0.717) is 13.0 Å². The van der Waals surface area contributed by atoms with Gasteiger partial charge >= 0.3 is 0 Å². The molecule has 0 aliphatic carbocycles. The van der Waals surface area contributed by atoms with Crippen molar-refractivity contribution < 1.29 is 9.53 Å². The number of Topliss-reactive ketones (excluding diaryl/α,β-unsaturated/α-hetero) is 1. The number of unbranched alkanes of at least 4 members (excludes halogenated alkanes) is 1. The summed E-state index contributed by atoms with van der Waals surface area (Å²) in [5.74, 6) is 0.226. The van der Waals surface area contributed by atoms with Gasteiger partial charge in [-0.1, -0.05) is 19.8 Å². The first-order chi connectivity index (χ1) is 5.70. The van der Waals surface area contributed by atoms with E-state index in [1.165, 1.54) is 6.42 Å². The van der Waals surface area contributed by atoms with E-state index >= 15 is 0 Å². The molecule has 0 saturated carbocycles. The molecule has 2 heteroatoms. The SMILES string of the molecule is CCCCC(CC(C)=O)OCC. The summed E-state index contributed by atoms with van der Waals surface area (Å²) in [6, 6.07) is 0. The number of ketones is 1. The molecule has 1 unspecified atom stereocenters. The molecule has 0 fully saturated rings. The average molecular weight is 172 g/mol. The third-order valence-corrected chi connectivity index (χ3v) is 1.80. The van der Waals surface area contributed by atoms with E-state index in [2.05, 4.69) is 6.92 Å². The van der Waals surface area contributed by atoms with Gasteiger partial charge in [-0.25, -0.2) is 0 Å². The van der Waals surface area contributed by atoms with Gasteiger partial charge in [0, 0.05) is 13.0 Å². The molecule has 2 nitrogen and oxygen atoms in total. The maximum atomic E-state index is 10.8. The lowest BCUT2D eigenvalue weighted by Gasteiger charge is -2.14. The zero-order chi connectivity index (χ0) is 9.40. The molecular formula is C10H20O2. The van der Waals surface area contributed by atoms with Crippen LogP contribution in [-0.2, 0) is 9.53 Å². The Hall–Kier alpha value is -0.370. The Morgan fingerprint density at radius 2 is 2.08 bits per heavy atom. The fourth-order valence-corrected chi connectivity index (χ4v) is 1.23. The Kier molecular flexibility index (Phi) is 7.06. The minimum absolute atomic E-state index is 0.160. The second-order valence-corrected chi connectivity index (χ2v) is 3.13. The molecular weight excluding hydrogens is 152 g/mol. The lowest BCUT2D eigenvalue weighted by atomic mass is 10.1. The van der Waals surface area contributed by atoms with Crippen LogP contribution in [0.5, 0.6) is 0 Å². The monoisotopic (exact) mass is 172 g/mol. The van der Waals surface area contributed by atoms with Gasteiger partial charge in [0.2, 0.25) is 0 Å². The van der Waals surface area contributed by atoms with Crippen LogP contribution in [0.15, 0.2) is 0 Å². The Labute approximate surface area is 75.3 Å². The predicted octanol–water partition coefficient (Wildman–Crippen LogP) is 2.56. The van der Waals surface area contributed by atoms with E-state index in [-0.39, 0.29) is 11.9 Å². The lowest BCUT2D eigenvalue weighted by Crippen LogP contribution is -2.16. The molecule has 0 aromatic heterocycles. The molecule has 0 aliphatic rings. The van der Waals surface area contributed by atoms with E-state index in [4.69, 9.17) is 4.74 Å². The largest absolute Gasteiger partial charge is 0.378 e. The standard InChI is InChI=1S/C10H20O2/c1-4-6-7-10(12-5-2)8-9(3)11/h10H,4-8H2,1-3H3. The third-order valence-electron chi connectivity index (χ3n) is 1.80. The van der Waals surface area contributed by atoms with Gasteiger partial charge in [-0.2, -0.15) is 0 Å². The molecule has 0 rings (SSSR count). The van der Waals surface area contributed by atoms with E-state index in [0.717, 1.165) is 12.8 Å². The maximum absolute atomic E-state index is 10.8. The van der Waals surface area contributed by atoms with E-state index in [9.17, 15) is 4.79 Å². The first kappa shape index (κ1) is 11.6. The zero-order valence-corrected chi connectivity index (χ0v) is 8.43. The number of carbonyl (C=O) groups excluding carboxylic acids is 1. The van der Waals surface area contributed by atoms with Crippen molar-refractivity contribution in [3.63, 3.8) is 0 Å². The Morgan fingerprint density at radius 3 is 2.50 bits per heavy atom. The summed E-state index contributed by atoms with van der Waals surface area (Å²) in [6.07, 6.45) is 4.07. The summed E-state index contributed by atoms with van der Waals surface area (Å²) < 4.78 is 5.43. The van der Waals surface area contributed by atoms with Crippen molar-refractivity contribution in [3.8, 4) is 0 Å². The molecule has 12 heavy (non-hydrogen) atoms. The van der Waals surface area contributed by atoms with Crippen LogP contribution < -0.4 is 0 Å². The van der Waals surface area contributed by atoms with Gasteiger partial charge in [-0.3, -0.25) is 4.79 Å². The number of carbonyl (C=O) groups is 1. The summed E-state index contributed by atoms with van der Waals surface area (Å²) >= 11 is 0. The second-order valence-electron chi connectivity index (χ2n) is 3.13. The molecule has 0 radical (unpaired) electrons. The molecule has 0 spiro atoms. The van der Waals surface area contributed by atoms with Crippen LogP contribution in [-0.4, -0.2) is 18.5 Å². The summed E-state index contributed by atoms with van der Waals surface area (Å²) in [5.41, 5.74) is 0. The fourth-order valence-electron chi connectivity index (χ4n) is 1.23. The number of hydrogen-bond donors (Lipinski definition) is 0. The average Bonchev–Trinajstić information content (AvgIpc) is 2.00. The molecule has 72 valence electrons. The zero-order valence-electron chi connectivity index (χ0n) is 8.43. The van der Waals surface area contributed by atoms with Crippen molar-refractivity contribution in [1.29, 1.82) is 0 Å². The normalized spacial score (nSPS) is 12.9. The van der Waals surface area contributed by atoms with Gasteiger partial charge in [0.1, 0.15) is 5.78 Å². The number of hydrogen-bond acceptors (Lipinski definition) is 2. The molecule has 0 bridgehead atoms. The molecule has 0 saturated heterocycles. The van der Waals surface area contributed by atoms with Gasteiger partial charge in [0.25, 0.3) is 0 Å². The third kappa shape index (κ3) is 6.35. The molecule has 0 aromatic carbocycles. The van der Waals surface area contributed by atoms with Gasteiger partial charge in [0.15, 0.2) is 0 Å². The molecule has 0 aromatic rings. The van der Waals surface area contributed by atoms with Gasteiger partial charge < -0.3 is 4.74 Å². The minimum atomic E-state index is 0.160. The smallest absolute Gasteiger partial charge is 0.132 e. The highest BCUT2D eigenvalue weighted by molar-refractivity contribution is 5.75. The van der Waals surface area contributed by atoms with Gasteiger partial charge in [-0.05, 0) is 20.3 Å². The molecule has 0 aliphatic heterocycles. The van der Waals surface area contributed by atoms with E-state index in [1.54, 1.807) is 6.92 Å². The molecule has 0 N–H and O–H groups in total. The minimum Gasteiger partial charge on any atom is -0.378 e. The molecule has 0 amide bonds. The van der Waals surface area contributed by atoms with Crippen LogP contribution in [0.1, 0.15) is 46.5 Å². The lowest BCUT2D eigenvalue weighted by molar-refractivity contribution is -0.119. The van der Waals surface area contributed by atoms with Crippen molar-refractivity contribution >= 4 is 5.78 Å². The van der Waals surface area contributed by atoms with Gasteiger partial charge in [0.05, 0.1) is 6.10 Å². The van der Waals surface area contributed by atoms with Crippen molar-refractivity contribution in [2.75, 3.05) is 6.61 Å². The van der Waals surface area contributed by atoms with Crippen LogP contribution in [0, 0.1) is 0 Å². The Balaban J connectivity index is 3.61. The van der Waals surface area contributed by atoms with Crippen LogP contribution in [0.3, 0.4) is 0 Å². The van der Waals surface area contributed by atoms with Crippen molar-refractivity contribution in [1.82, 2.24) is 0 Å². The topological polar surface area (TPSA) is 26.3 Å². The summed E-state index contributed by atoms with van der Waals surface area (Å²) in [5, 5.41) is 0. The van der Waals surface area contributed by atoms with Crippen molar-refractivity contribution in [2.24, 2.45) is 0 Å². The number of rotatable bonds is 7. The summed E-state index contributed by atoms with van der Waals surface area (Å²) in [6.45, 7) is 6.45. The maximum Gasteiger partial charge on any atom is 0.132 e. The van der Waals surface area contributed by atoms with Crippen LogP contribution >= 0.6 is 0 Å². The van der Waals surface area contributed by atoms with E-state index < -0.39 is 0 Å². The van der Waals surface area contributed by atoms with E-state index in [1.807, 2.05) is 6.92 Å². The Morgan fingerprint density at radius 1 is 1.42 bits per heavy atom. The second kappa shape index (κ2) is 7.29. The summed E-state index contributed by atoms with van der Waals surface area (Å²) in [4.78, 5) is 10.8. The molecule has 1 atom stereocenters. The predicted molar refractivity (Wildman–Crippen MR) is 50.2 cm³/mol. The fraction of sp³-hybridized carbons (Fsp3) is 0.900. The number of ether oxygens (including phenoxy) is 1. The highest BCUT2D eigenvalue weighted by Crippen LogP contribution is 2.09. The first-order valence-corrected chi connectivity index (χ1v) is 4.81. The van der Waals surface area contributed by atoms with Gasteiger partial charge in [-0.15, -0.1) is 0 Å². The first-order valence-electron chi connectivity index (χ1n) is 4.81.